The topological polar surface area (TPSA) is 106 Å². The van der Waals surface area contributed by atoms with Gasteiger partial charge in [-0.2, -0.15) is 5.26 Å². The van der Waals surface area contributed by atoms with Crippen molar-refractivity contribution in [1.82, 2.24) is 4.90 Å². The number of nitrogens with zero attached hydrogens (tertiary/aromatic N) is 2. The van der Waals surface area contributed by atoms with Crippen molar-refractivity contribution in [2.75, 3.05) is 25.9 Å². The number of ketones is 1. The molecule has 1 spiro atoms. The van der Waals surface area contributed by atoms with Crippen LogP contribution in [-0.2, 0) is 0 Å². The SMILES string of the molecule is COc1cccc2c(C(=O)N3CCC4(CC3)CC(=O)c3cc(C#N)ccc3O4)c(N)sc12. The average Bonchev–Trinajstić information content (AvgIpc) is 3.14. The first-order valence-electron chi connectivity index (χ1n) is 10.4. The summed E-state index contributed by atoms with van der Waals surface area (Å²) < 4.78 is 12.5. The fourth-order valence-electron chi connectivity index (χ4n) is 4.61. The highest BCUT2D eigenvalue weighted by molar-refractivity contribution is 7.23. The number of benzene rings is 2. The molecule has 7 nitrogen and oxygen atoms in total. The first-order chi connectivity index (χ1) is 15.4. The van der Waals surface area contributed by atoms with Crippen LogP contribution in [0.25, 0.3) is 10.1 Å². The van der Waals surface area contributed by atoms with E-state index < -0.39 is 5.60 Å². The Labute approximate surface area is 188 Å². The number of nitrogens with two attached hydrogens (primary N) is 1. The Hall–Kier alpha value is -3.57. The smallest absolute Gasteiger partial charge is 0.257 e. The van der Waals surface area contributed by atoms with Gasteiger partial charge in [-0.05, 0) is 24.3 Å². The van der Waals surface area contributed by atoms with Gasteiger partial charge in [-0.3, -0.25) is 9.59 Å². The zero-order chi connectivity index (χ0) is 22.5. The molecule has 2 aliphatic heterocycles. The van der Waals surface area contributed by atoms with Crippen LogP contribution in [0.5, 0.6) is 11.5 Å². The van der Waals surface area contributed by atoms with E-state index in [1.165, 1.54) is 11.3 Å². The summed E-state index contributed by atoms with van der Waals surface area (Å²) in [5, 5.41) is 10.4. The van der Waals surface area contributed by atoms with Gasteiger partial charge in [0.25, 0.3) is 5.91 Å². The van der Waals surface area contributed by atoms with E-state index in [2.05, 4.69) is 6.07 Å². The number of likely N-dealkylation sites (tertiary alicyclic amines) is 1. The van der Waals surface area contributed by atoms with Crippen LogP contribution in [0.2, 0.25) is 0 Å². The number of nitriles is 1. The number of Topliss-reactive ketones (excluding diaryl/α,β-unsaturated/α-hetero) is 1. The van der Waals surface area contributed by atoms with Crippen molar-refractivity contribution in [3.63, 3.8) is 0 Å². The van der Waals surface area contributed by atoms with Crippen LogP contribution in [0.15, 0.2) is 36.4 Å². The molecule has 2 aliphatic rings. The highest BCUT2D eigenvalue weighted by Crippen LogP contribution is 2.42. The summed E-state index contributed by atoms with van der Waals surface area (Å²) >= 11 is 1.35. The van der Waals surface area contributed by atoms with Gasteiger partial charge in [0.2, 0.25) is 0 Å². The number of amides is 1. The normalized spacial score (nSPS) is 17.0. The number of carbonyl (C=O) groups excluding carboxylic acids is 2. The first-order valence-corrected chi connectivity index (χ1v) is 11.2. The zero-order valence-corrected chi connectivity index (χ0v) is 18.3. The van der Waals surface area contributed by atoms with Crippen LogP contribution in [0, 0.1) is 11.3 Å². The van der Waals surface area contributed by atoms with Gasteiger partial charge in [-0.1, -0.05) is 12.1 Å². The number of carbonyl (C=O) groups is 2. The molecule has 0 aliphatic carbocycles. The van der Waals surface area contributed by atoms with Gasteiger partial charge in [-0.15, -0.1) is 11.3 Å². The van der Waals surface area contributed by atoms with Crippen molar-refractivity contribution >= 4 is 38.1 Å². The molecule has 0 unspecified atom stereocenters. The Morgan fingerprint density at radius 1 is 1.28 bits per heavy atom. The predicted molar refractivity (Wildman–Crippen MR) is 121 cm³/mol. The summed E-state index contributed by atoms with van der Waals surface area (Å²) in [6, 6.07) is 12.6. The van der Waals surface area contributed by atoms with Gasteiger partial charge >= 0.3 is 0 Å². The van der Waals surface area contributed by atoms with Gasteiger partial charge in [-0.25, -0.2) is 0 Å². The van der Waals surface area contributed by atoms with Crippen molar-refractivity contribution in [2.45, 2.75) is 24.9 Å². The number of anilines is 1. The summed E-state index contributed by atoms with van der Waals surface area (Å²) in [6.45, 7) is 0.941. The molecular weight excluding hydrogens is 426 g/mol. The molecule has 1 fully saturated rings. The number of piperidine rings is 1. The lowest BCUT2D eigenvalue weighted by atomic mass is 9.82. The van der Waals surface area contributed by atoms with Gasteiger partial charge in [0.1, 0.15) is 17.1 Å². The molecule has 2 N–H and O–H groups in total. The molecule has 0 bridgehead atoms. The molecule has 3 heterocycles. The second-order valence-electron chi connectivity index (χ2n) is 8.18. The average molecular weight is 448 g/mol. The standard InChI is InChI=1S/C24H21N3O4S/c1-30-19-4-2-3-15-20(22(26)32-21(15)19)23(29)27-9-7-24(8-10-27)12-17(28)16-11-14(13-25)5-6-18(16)31-24/h2-6,11H,7-10,12,26H2,1H3. The van der Waals surface area contributed by atoms with E-state index in [4.69, 9.17) is 20.5 Å². The Balaban J connectivity index is 1.37. The molecule has 1 aromatic heterocycles. The lowest BCUT2D eigenvalue weighted by molar-refractivity contribution is -0.00562. The lowest BCUT2D eigenvalue weighted by Gasteiger charge is -2.44. The second-order valence-corrected chi connectivity index (χ2v) is 9.23. The van der Waals surface area contributed by atoms with E-state index in [0.717, 1.165) is 10.1 Å². The molecule has 162 valence electrons. The third-order valence-corrected chi connectivity index (χ3v) is 7.37. The van der Waals surface area contributed by atoms with Crippen molar-refractivity contribution in [3.05, 3.63) is 53.1 Å². The highest BCUT2D eigenvalue weighted by Gasteiger charge is 2.44. The molecule has 0 radical (unpaired) electrons. The summed E-state index contributed by atoms with van der Waals surface area (Å²) in [6.07, 6.45) is 1.35. The second kappa shape index (κ2) is 7.53. The van der Waals surface area contributed by atoms with Crippen LogP contribution in [0.1, 0.15) is 45.5 Å². The van der Waals surface area contributed by atoms with Gasteiger partial charge in [0.05, 0.1) is 46.0 Å². The third-order valence-electron chi connectivity index (χ3n) is 6.32. The predicted octanol–water partition coefficient (Wildman–Crippen LogP) is 4.00. The van der Waals surface area contributed by atoms with Crippen LogP contribution < -0.4 is 15.2 Å². The van der Waals surface area contributed by atoms with Gasteiger partial charge in [0.15, 0.2) is 5.78 Å². The minimum atomic E-state index is -0.625. The van der Waals surface area contributed by atoms with E-state index in [1.807, 2.05) is 18.2 Å². The number of ether oxygens (including phenoxy) is 2. The zero-order valence-electron chi connectivity index (χ0n) is 17.5. The van der Waals surface area contributed by atoms with Crippen molar-refractivity contribution in [1.29, 1.82) is 5.26 Å². The molecule has 1 saturated heterocycles. The van der Waals surface area contributed by atoms with E-state index in [0.29, 0.717) is 59.1 Å². The minimum absolute atomic E-state index is 0.0247. The maximum Gasteiger partial charge on any atom is 0.257 e. The largest absolute Gasteiger partial charge is 0.495 e. The number of hydrogen-bond donors (Lipinski definition) is 1. The summed E-state index contributed by atoms with van der Waals surface area (Å²) in [5.74, 6) is 1.07. The van der Waals surface area contributed by atoms with Crippen molar-refractivity contribution in [2.24, 2.45) is 0 Å². The van der Waals surface area contributed by atoms with Crippen LogP contribution in [0.4, 0.5) is 5.00 Å². The molecule has 3 aromatic rings. The Bertz CT molecular complexity index is 1300. The molecular formula is C24H21N3O4S. The minimum Gasteiger partial charge on any atom is -0.495 e. The van der Waals surface area contributed by atoms with Gasteiger partial charge in [0, 0.05) is 31.3 Å². The summed E-state index contributed by atoms with van der Waals surface area (Å²) in [7, 11) is 1.60. The maximum absolute atomic E-state index is 13.4. The number of nitrogen functional groups attached to an aromatic ring is 1. The monoisotopic (exact) mass is 447 g/mol. The number of hydrogen-bond acceptors (Lipinski definition) is 7. The van der Waals surface area contributed by atoms with Crippen LogP contribution in [0.3, 0.4) is 0 Å². The first kappa shape index (κ1) is 20.3. The van der Waals surface area contributed by atoms with Crippen LogP contribution in [-0.4, -0.2) is 42.4 Å². The Morgan fingerprint density at radius 3 is 2.78 bits per heavy atom. The molecule has 32 heavy (non-hydrogen) atoms. The fourth-order valence-corrected chi connectivity index (χ4v) is 5.66. The van der Waals surface area contributed by atoms with E-state index in [-0.39, 0.29) is 18.1 Å². The van der Waals surface area contributed by atoms with E-state index in [9.17, 15) is 9.59 Å². The molecule has 0 atom stereocenters. The number of methoxy groups -OCH3 is 1. The highest BCUT2D eigenvalue weighted by atomic mass is 32.1. The lowest BCUT2D eigenvalue weighted by Crippen LogP contribution is -2.52. The number of rotatable bonds is 2. The number of thiophene rings is 1. The number of fused-ring (bicyclic) bond motifs is 2. The fraction of sp³-hybridized carbons (Fsp3) is 0.292. The molecule has 0 saturated carbocycles. The van der Waals surface area contributed by atoms with Gasteiger partial charge < -0.3 is 20.1 Å². The maximum atomic E-state index is 13.4. The molecule has 8 heteroatoms. The molecule has 5 rings (SSSR count). The summed E-state index contributed by atoms with van der Waals surface area (Å²) in [4.78, 5) is 27.9. The quantitative estimate of drug-likeness (QED) is 0.636. The Kier molecular flexibility index (Phi) is 4.79. The Morgan fingerprint density at radius 2 is 2.06 bits per heavy atom. The van der Waals surface area contributed by atoms with Crippen LogP contribution >= 0.6 is 11.3 Å². The molecule has 1 amide bonds. The third kappa shape index (κ3) is 3.17. The van der Waals surface area contributed by atoms with Crippen molar-refractivity contribution < 1.29 is 19.1 Å². The summed E-state index contributed by atoms with van der Waals surface area (Å²) in [5.41, 5.74) is 7.02. The van der Waals surface area contributed by atoms with E-state index in [1.54, 1.807) is 30.2 Å². The molecule has 2 aromatic carbocycles. The van der Waals surface area contributed by atoms with E-state index >= 15 is 0 Å². The van der Waals surface area contributed by atoms with Crippen molar-refractivity contribution in [3.8, 4) is 17.6 Å².